The fraction of sp³-hybridized carbons (Fsp3) is 0.389. The number of nitrogens with zero attached hydrogens (tertiary/aromatic N) is 2. The van der Waals surface area contributed by atoms with E-state index in [0.717, 1.165) is 29.4 Å². The SMILES string of the molecule is CCCN1C(=O)/C(=C2/SC(=S)N([C@@H]3CCS(=O)(=O)C3)C2=O)c2ccccc21. The first-order chi connectivity index (χ1) is 12.8. The van der Waals surface area contributed by atoms with Crippen molar-refractivity contribution in [1.82, 2.24) is 4.90 Å². The van der Waals surface area contributed by atoms with Crippen molar-refractivity contribution in [3.63, 3.8) is 0 Å². The molecule has 0 aromatic heterocycles. The molecule has 1 aromatic rings. The fourth-order valence-corrected chi connectivity index (χ4v) is 6.94. The predicted octanol–water partition coefficient (Wildman–Crippen LogP) is 2.20. The van der Waals surface area contributed by atoms with Crippen LogP contribution in [0.15, 0.2) is 29.2 Å². The van der Waals surface area contributed by atoms with Crippen LogP contribution in [-0.4, -0.2) is 53.5 Å². The Bertz CT molecular complexity index is 1000. The quantitative estimate of drug-likeness (QED) is 0.549. The number of anilines is 1. The van der Waals surface area contributed by atoms with Crippen LogP contribution in [0.3, 0.4) is 0 Å². The average molecular weight is 423 g/mol. The van der Waals surface area contributed by atoms with Gasteiger partial charge in [-0.05, 0) is 18.9 Å². The van der Waals surface area contributed by atoms with E-state index in [9.17, 15) is 18.0 Å². The van der Waals surface area contributed by atoms with Crippen molar-refractivity contribution in [3.8, 4) is 0 Å². The maximum atomic E-state index is 13.1. The molecule has 1 aromatic carbocycles. The van der Waals surface area contributed by atoms with Gasteiger partial charge < -0.3 is 4.90 Å². The second kappa shape index (κ2) is 6.72. The number of thioether (sulfide) groups is 1. The number of sulfone groups is 1. The number of para-hydroxylation sites is 1. The van der Waals surface area contributed by atoms with E-state index in [1.807, 2.05) is 31.2 Å². The summed E-state index contributed by atoms with van der Waals surface area (Å²) < 4.78 is 24.0. The van der Waals surface area contributed by atoms with Crippen LogP contribution >= 0.6 is 24.0 Å². The van der Waals surface area contributed by atoms with Gasteiger partial charge in [0.1, 0.15) is 4.32 Å². The van der Waals surface area contributed by atoms with Crippen LogP contribution in [0.2, 0.25) is 0 Å². The summed E-state index contributed by atoms with van der Waals surface area (Å²) in [6.07, 6.45) is 1.18. The van der Waals surface area contributed by atoms with E-state index >= 15 is 0 Å². The van der Waals surface area contributed by atoms with E-state index < -0.39 is 15.9 Å². The largest absolute Gasteiger partial charge is 0.308 e. The normalized spacial score (nSPS) is 27.0. The summed E-state index contributed by atoms with van der Waals surface area (Å²) in [5.74, 6) is -0.567. The highest BCUT2D eigenvalue weighted by Crippen LogP contribution is 2.45. The molecule has 3 heterocycles. The molecule has 0 saturated carbocycles. The summed E-state index contributed by atoms with van der Waals surface area (Å²) in [5.41, 5.74) is 1.91. The molecule has 0 aliphatic carbocycles. The zero-order valence-corrected chi connectivity index (χ0v) is 17.1. The molecular formula is C18H18N2O4S3. The van der Waals surface area contributed by atoms with Gasteiger partial charge in [0, 0.05) is 12.1 Å². The number of fused-ring (bicyclic) bond motifs is 1. The van der Waals surface area contributed by atoms with Crippen LogP contribution in [0, 0.1) is 0 Å². The number of amides is 2. The lowest BCUT2D eigenvalue weighted by atomic mass is 10.1. The molecular weight excluding hydrogens is 404 g/mol. The van der Waals surface area contributed by atoms with Crippen LogP contribution in [-0.2, 0) is 19.4 Å². The predicted molar refractivity (Wildman–Crippen MR) is 110 cm³/mol. The van der Waals surface area contributed by atoms with Gasteiger partial charge in [-0.15, -0.1) is 0 Å². The summed E-state index contributed by atoms with van der Waals surface area (Å²) in [6.45, 7) is 2.56. The standard InChI is InChI=1S/C18H18N2O4S3/c1-2-8-19-13-6-4-3-5-12(13)14(16(19)21)15-17(22)20(18(25)26-15)11-7-9-27(23,24)10-11/h3-6,11H,2,7-10H2,1H3/b15-14+/t11-/m1/s1. The molecule has 2 saturated heterocycles. The van der Waals surface area contributed by atoms with Crippen molar-refractivity contribution in [1.29, 1.82) is 0 Å². The van der Waals surface area contributed by atoms with Gasteiger partial charge in [-0.1, -0.05) is 49.1 Å². The Morgan fingerprint density at radius 3 is 2.63 bits per heavy atom. The van der Waals surface area contributed by atoms with Crippen molar-refractivity contribution in [2.24, 2.45) is 0 Å². The number of benzene rings is 1. The lowest BCUT2D eigenvalue weighted by molar-refractivity contribution is -0.123. The molecule has 27 heavy (non-hydrogen) atoms. The van der Waals surface area contributed by atoms with E-state index in [0.29, 0.717) is 27.8 Å². The minimum Gasteiger partial charge on any atom is -0.308 e. The Kier molecular flexibility index (Phi) is 4.64. The molecule has 2 fully saturated rings. The second-order valence-corrected chi connectivity index (χ2v) is 10.7. The number of thiocarbonyl (C=S) groups is 1. The summed E-state index contributed by atoms with van der Waals surface area (Å²) in [7, 11) is -3.15. The first-order valence-electron chi connectivity index (χ1n) is 8.75. The maximum absolute atomic E-state index is 13.1. The first kappa shape index (κ1) is 18.6. The van der Waals surface area contributed by atoms with Gasteiger partial charge in [0.2, 0.25) is 0 Å². The molecule has 3 aliphatic heterocycles. The van der Waals surface area contributed by atoms with Crippen molar-refractivity contribution in [3.05, 3.63) is 34.7 Å². The Morgan fingerprint density at radius 2 is 1.96 bits per heavy atom. The Balaban J connectivity index is 1.77. The Morgan fingerprint density at radius 1 is 1.22 bits per heavy atom. The second-order valence-electron chi connectivity index (χ2n) is 6.78. The zero-order valence-electron chi connectivity index (χ0n) is 14.7. The van der Waals surface area contributed by atoms with Gasteiger partial charge >= 0.3 is 0 Å². The summed E-state index contributed by atoms with van der Waals surface area (Å²) in [4.78, 5) is 29.6. The van der Waals surface area contributed by atoms with Crippen molar-refractivity contribution < 1.29 is 18.0 Å². The molecule has 0 unspecified atom stereocenters. The van der Waals surface area contributed by atoms with Gasteiger partial charge in [-0.25, -0.2) is 8.42 Å². The third-order valence-corrected chi connectivity index (χ3v) is 8.12. The number of rotatable bonds is 3. The topological polar surface area (TPSA) is 74.8 Å². The number of carbonyl (C=O) groups is 2. The zero-order chi connectivity index (χ0) is 19.3. The summed E-state index contributed by atoms with van der Waals surface area (Å²) in [6, 6.07) is 6.97. The summed E-state index contributed by atoms with van der Waals surface area (Å²) >= 11 is 6.47. The summed E-state index contributed by atoms with van der Waals surface area (Å²) in [5, 5.41) is 0. The molecule has 142 valence electrons. The highest BCUT2D eigenvalue weighted by molar-refractivity contribution is 8.26. The average Bonchev–Trinajstić information content (AvgIpc) is 3.21. The smallest absolute Gasteiger partial charge is 0.267 e. The Labute approximate surface area is 167 Å². The van der Waals surface area contributed by atoms with E-state index in [4.69, 9.17) is 12.2 Å². The lowest BCUT2D eigenvalue weighted by Crippen LogP contribution is -2.39. The van der Waals surface area contributed by atoms with Crippen molar-refractivity contribution >= 4 is 61.2 Å². The number of hydrogen-bond donors (Lipinski definition) is 0. The van der Waals surface area contributed by atoms with Crippen LogP contribution in [0.25, 0.3) is 5.57 Å². The molecule has 0 radical (unpaired) electrons. The van der Waals surface area contributed by atoms with E-state index in [2.05, 4.69) is 0 Å². The van der Waals surface area contributed by atoms with Crippen molar-refractivity contribution in [2.45, 2.75) is 25.8 Å². The molecule has 0 bridgehead atoms. The Hall–Kier alpha value is -1.71. The molecule has 9 heteroatoms. The number of hydrogen-bond acceptors (Lipinski definition) is 6. The number of carbonyl (C=O) groups excluding carboxylic acids is 2. The van der Waals surface area contributed by atoms with Crippen LogP contribution in [0.5, 0.6) is 0 Å². The van der Waals surface area contributed by atoms with Gasteiger partial charge in [-0.3, -0.25) is 14.5 Å². The van der Waals surface area contributed by atoms with E-state index in [1.54, 1.807) is 4.90 Å². The van der Waals surface area contributed by atoms with Gasteiger partial charge in [0.15, 0.2) is 9.84 Å². The molecule has 3 aliphatic rings. The highest BCUT2D eigenvalue weighted by Gasteiger charge is 2.46. The molecule has 4 rings (SSSR count). The van der Waals surface area contributed by atoms with E-state index in [-0.39, 0.29) is 23.3 Å². The third kappa shape index (κ3) is 3.01. The van der Waals surface area contributed by atoms with Gasteiger partial charge in [-0.2, -0.15) is 0 Å². The molecule has 0 N–H and O–H groups in total. The lowest BCUT2D eigenvalue weighted by Gasteiger charge is -2.21. The molecule has 6 nitrogen and oxygen atoms in total. The van der Waals surface area contributed by atoms with E-state index in [1.165, 1.54) is 4.90 Å². The maximum Gasteiger partial charge on any atom is 0.267 e. The van der Waals surface area contributed by atoms with Crippen LogP contribution < -0.4 is 4.90 Å². The van der Waals surface area contributed by atoms with Crippen LogP contribution in [0.1, 0.15) is 25.3 Å². The molecule has 2 amide bonds. The molecule has 0 spiro atoms. The minimum absolute atomic E-state index is 0.0622. The highest BCUT2D eigenvalue weighted by atomic mass is 32.2. The van der Waals surface area contributed by atoms with Crippen molar-refractivity contribution in [2.75, 3.05) is 23.0 Å². The minimum atomic E-state index is -3.15. The monoisotopic (exact) mass is 422 g/mol. The fourth-order valence-electron chi connectivity index (χ4n) is 3.77. The van der Waals surface area contributed by atoms with Gasteiger partial charge in [0.25, 0.3) is 11.8 Å². The van der Waals surface area contributed by atoms with Gasteiger partial charge in [0.05, 0.1) is 33.7 Å². The van der Waals surface area contributed by atoms with Crippen LogP contribution in [0.4, 0.5) is 5.69 Å². The first-order valence-corrected chi connectivity index (χ1v) is 11.8. The third-order valence-electron chi connectivity index (χ3n) is 4.97. The molecule has 1 atom stereocenters.